The molecule has 0 aromatic heterocycles. The summed E-state index contributed by atoms with van der Waals surface area (Å²) in [6.07, 6.45) is 0.648. The van der Waals surface area contributed by atoms with E-state index in [0.717, 1.165) is 11.1 Å². The third-order valence-electron chi connectivity index (χ3n) is 3.12. The molecule has 0 spiro atoms. The van der Waals surface area contributed by atoms with Crippen LogP contribution in [0.25, 0.3) is 0 Å². The van der Waals surface area contributed by atoms with E-state index in [4.69, 9.17) is 27.3 Å². The summed E-state index contributed by atoms with van der Waals surface area (Å²) >= 11 is 6.23. The Morgan fingerprint density at radius 2 is 2.00 bits per heavy atom. The minimum absolute atomic E-state index is 0.00125. The third-order valence-corrected chi connectivity index (χ3v) is 3.48. The van der Waals surface area contributed by atoms with Gasteiger partial charge in [0.1, 0.15) is 12.4 Å². The van der Waals surface area contributed by atoms with E-state index >= 15 is 0 Å². The predicted molar refractivity (Wildman–Crippen MR) is 84.3 cm³/mol. The van der Waals surface area contributed by atoms with Crippen molar-refractivity contribution in [3.8, 4) is 11.8 Å². The summed E-state index contributed by atoms with van der Waals surface area (Å²) in [5.74, 6) is 0.715. The number of rotatable bonds is 5. The molecule has 0 bridgehead atoms. The van der Waals surface area contributed by atoms with Gasteiger partial charge in [-0.05, 0) is 31.5 Å². The molecule has 108 valence electrons. The van der Waals surface area contributed by atoms with Gasteiger partial charge in [0.05, 0.1) is 11.6 Å². The van der Waals surface area contributed by atoms with E-state index < -0.39 is 0 Å². The normalized spacial score (nSPS) is 11.7. The summed E-state index contributed by atoms with van der Waals surface area (Å²) in [6, 6.07) is 15.1. The quantitative estimate of drug-likeness (QED) is 0.916. The van der Waals surface area contributed by atoms with Gasteiger partial charge in [0.15, 0.2) is 0 Å². The van der Waals surface area contributed by atoms with Crippen molar-refractivity contribution in [1.82, 2.24) is 0 Å². The van der Waals surface area contributed by atoms with Gasteiger partial charge >= 0.3 is 0 Å². The lowest BCUT2D eigenvalue weighted by Crippen LogP contribution is -2.18. The van der Waals surface area contributed by atoms with Crippen molar-refractivity contribution in [2.45, 2.75) is 26.0 Å². The average Bonchev–Trinajstić information content (AvgIpc) is 2.48. The Balaban J connectivity index is 2.20. The zero-order chi connectivity index (χ0) is 15.2. The third kappa shape index (κ3) is 3.98. The summed E-state index contributed by atoms with van der Waals surface area (Å²) in [6.45, 7) is 2.26. The molecule has 4 heteroatoms. The first-order valence-corrected chi connectivity index (χ1v) is 7.13. The SMILES string of the molecule is CC(N)Cc1c(Cl)cccc1OCc1ccccc1C#N. The number of nitrogens with two attached hydrogens (primary N) is 1. The minimum atomic E-state index is -0.00125. The van der Waals surface area contributed by atoms with Gasteiger partial charge in [-0.1, -0.05) is 35.9 Å². The zero-order valence-electron chi connectivity index (χ0n) is 11.8. The van der Waals surface area contributed by atoms with E-state index in [-0.39, 0.29) is 6.04 Å². The van der Waals surface area contributed by atoms with Crippen LogP contribution in [0.3, 0.4) is 0 Å². The minimum Gasteiger partial charge on any atom is -0.489 e. The Hall–Kier alpha value is -2.02. The van der Waals surface area contributed by atoms with Crippen LogP contribution in [0.15, 0.2) is 42.5 Å². The number of nitrogens with zero attached hydrogens (tertiary/aromatic N) is 1. The molecule has 0 heterocycles. The van der Waals surface area contributed by atoms with Gasteiger partial charge in [0.25, 0.3) is 0 Å². The molecule has 3 nitrogen and oxygen atoms in total. The fraction of sp³-hybridized carbons (Fsp3) is 0.235. The van der Waals surface area contributed by atoms with Gasteiger partial charge in [-0.2, -0.15) is 5.26 Å². The molecule has 0 aliphatic heterocycles. The van der Waals surface area contributed by atoms with Gasteiger partial charge in [-0.25, -0.2) is 0 Å². The van der Waals surface area contributed by atoms with Crippen LogP contribution in [-0.2, 0) is 13.0 Å². The smallest absolute Gasteiger partial charge is 0.124 e. The van der Waals surface area contributed by atoms with Crippen molar-refractivity contribution in [1.29, 1.82) is 5.26 Å². The number of halogens is 1. The maximum atomic E-state index is 9.09. The first-order valence-electron chi connectivity index (χ1n) is 6.75. The van der Waals surface area contributed by atoms with Crippen LogP contribution in [0.5, 0.6) is 5.75 Å². The first-order chi connectivity index (χ1) is 10.1. The van der Waals surface area contributed by atoms with Gasteiger partial charge < -0.3 is 10.5 Å². The van der Waals surface area contributed by atoms with Crippen molar-refractivity contribution in [2.24, 2.45) is 5.73 Å². The van der Waals surface area contributed by atoms with E-state index in [0.29, 0.717) is 29.4 Å². The molecular formula is C17H17ClN2O. The maximum absolute atomic E-state index is 9.09. The number of ether oxygens (including phenoxy) is 1. The fourth-order valence-electron chi connectivity index (χ4n) is 2.10. The van der Waals surface area contributed by atoms with Crippen molar-refractivity contribution >= 4 is 11.6 Å². The van der Waals surface area contributed by atoms with Gasteiger partial charge in [-0.3, -0.25) is 0 Å². The summed E-state index contributed by atoms with van der Waals surface area (Å²) in [4.78, 5) is 0. The van der Waals surface area contributed by atoms with Gasteiger partial charge in [-0.15, -0.1) is 0 Å². The van der Waals surface area contributed by atoms with Crippen LogP contribution >= 0.6 is 11.6 Å². The van der Waals surface area contributed by atoms with Crippen LogP contribution in [0.1, 0.15) is 23.6 Å². The van der Waals surface area contributed by atoms with Crippen LogP contribution in [0.2, 0.25) is 5.02 Å². The maximum Gasteiger partial charge on any atom is 0.124 e. The van der Waals surface area contributed by atoms with Crippen molar-refractivity contribution in [2.75, 3.05) is 0 Å². The Morgan fingerprint density at radius 3 is 2.71 bits per heavy atom. The lowest BCUT2D eigenvalue weighted by atomic mass is 10.1. The molecule has 1 unspecified atom stereocenters. The largest absolute Gasteiger partial charge is 0.489 e. The average molecular weight is 301 g/mol. The zero-order valence-corrected chi connectivity index (χ0v) is 12.6. The number of hydrogen-bond donors (Lipinski definition) is 1. The molecule has 0 aliphatic carbocycles. The molecule has 0 aliphatic rings. The molecule has 2 aromatic carbocycles. The van der Waals surface area contributed by atoms with E-state index in [1.54, 1.807) is 6.07 Å². The van der Waals surface area contributed by atoms with Crippen molar-refractivity contribution in [3.05, 3.63) is 64.2 Å². The summed E-state index contributed by atoms with van der Waals surface area (Å²) in [5, 5.41) is 9.74. The first kappa shape index (κ1) is 15.4. The topological polar surface area (TPSA) is 59.0 Å². The highest BCUT2D eigenvalue weighted by molar-refractivity contribution is 6.31. The van der Waals surface area contributed by atoms with Crippen LogP contribution < -0.4 is 10.5 Å². The Morgan fingerprint density at radius 1 is 1.24 bits per heavy atom. The van der Waals surface area contributed by atoms with E-state index in [1.165, 1.54) is 0 Å². The highest BCUT2D eigenvalue weighted by atomic mass is 35.5. The molecule has 0 saturated heterocycles. The highest BCUT2D eigenvalue weighted by Crippen LogP contribution is 2.28. The Labute approximate surface area is 129 Å². The van der Waals surface area contributed by atoms with Crippen LogP contribution in [-0.4, -0.2) is 6.04 Å². The monoisotopic (exact) mass is 300 g/mol. The molecule has 21 heavy (non-hydrogen) atoms. The molecule has 0 fully saturated rings. The van der Waals surface area contributed by atoms with Crippen molar-refractivity contribution < 1.29 is 4.74 Å². The molecule has 2 N–H and O–H groups in total. The van der Waals surface area contributed by atoms with Gasteiger partial charge in [0.2, 0.25) is 0 Å². The number of hydrogen-bond acceptors (Lipinski definition) is 3. The lowest BCUT2D eigenvalue weighted by molar-refractivity contribution is 0.302. The molecule has 0 radical (unpaired) electrons. The van der Waals surface area contributed by atoms with Crippen LogP contribution in [0.4, 0.5) is 0 Å². The van der Waals surface area contributed by atoms with E-state index in [9.17, 15) is 0 Å². The number of benzene rings is 2. The molecule has 1 atom stereocenters. The fourth-order valence-corrected chi connectivity index (χ4v) is 2.35. The Kier molecular flexibility index (Phi) is 5.21. The molecule has 2 rings (SSSR count). The van der Waals surface area contributed by atoms with Gasteiger partial charge in [0, 0.05) is 22.2 Å². The van der Waals surface area contributed by atoms with E-state index in [2.05, 4.69) is 6.07 Å². The molecule has 0 saturated carbocycles. The van der Waals surface area contributed by atoms with E-state index in [1.807, 2.05) is 43.3 Å². The molecule has 2 aromatic rings. The lowest BCUT2D eigenvalue weighted by Gasteiger charge is -2.15. The van der Waals surface area contributed by atoms with Crippen LogP contribution in [0, 0.1) is 11.3 Å². The Bertz CT molecular complexity index is 662. The molecule has 0 amide bonds. The highest BCUT2D eigenvalue weighted by Gasteiger charge is 2.11. The standard InChI is InChI=1S/C17H17ClN2O/c1-12(20)9-15-16(18)7-4-8-17(15)21-11-14-6-3-2-5-13(14)10-19/h2-8,12H,9,11,20H2,1H3. The second-order valence-electron chi connectivity index (χ2n) is 4.96. The summed E-state index contributed by atoms with van der Waals surface area (Å²) in [5.41, 5.74) is 8.24. The number of nitriles is 1. The van der Waals surface area contributed by atoms with Crippen molar-refractivity contribution in [3.63, 3.8) is 0 Å². The summed E-state index contributed by atoms with van der Waals surface area (Å²) < 4.78 is 5.86. The summed E-state index contributed by atoms with van der Waals surface area (Å²) in [7, 11) is 0. The molecular weight excluding hydrogens is 284 g/mol. The second-order valence-corrected chi connectivity index (χ2v) is 5.36. The predicted octanol–water partition coefficient (Wildman–Crippen LogP) is 3.68. The second kappa shape index (κ2) is 7.12.